The lowest BCUT2D eigenvalue weighted by molar-refractivity contribution is 0.125. The van der Waals surface area contributed by atoms with E-state index in [9.17, 15) is 9.13 Å². The van der Waals surface area contributed by atoms with Crippen molar-refractivity contribution in [2.24, 2.45) is 0 Å². The summed E-state index contributed by atoms with van der Waals surface area (Å²) in [7, 11) is -8.09. The van der Waals surface area contributed by atoms with Crippen LogP contribution in [0, 0.1) is 0 Å². The first-order valence-electron chi connectivity index (χ1n) is 5.66. The summed E-state index contributed by atoms with van der Waals surface area (Å²) in [5.74, 6) is 0. The number of phosphoric acid groups is 2. The molecule has 0 aromatic heterocycles. The predicted molar refractivity (Wildman–Crippen MR) is 71.8 cm³/mol. The van der Waals surface area contributed by atoms with Crippen molar-refractivity contribution in [2.75, 3.05) is 26.4 Å². The molecule has 0 heterocycles. The van der Waals surface area contributed by atoms with E-state index >= 15 is 0 Å². The molecule has 2 unspecified atom stereocenters. The van der Waals surface area contributed by atoms with Crippen molar-refractivity contribution in [1.29, 1.82) is 0 Å². The molecule has 0 fully saturated rings. The first-order chi connectivity index (χ1) is 8.95. The summed E-state index contributed by atoms with van der Waals surface area (Å²) < 4.78 is 48.6. The van der Waals surface area contributed by atoms with Gasteiger partial charge in [0, 0.05) is 0 Å². The Morgan fingerprint density at radius 3 is 1.47 bits per heavy atom. The van der Waals surface area contributed by atoms with Gasteiger partial charge in [-0.3, -0.25) is 18.1 Å². The summed E-state index contributed by atoms with van der Waals surface area (Å²) in [6, 6.07) is 0. The van der Waals surface area contributed by atoms with Crippen LogP contribution in [0.25, 0.3) is 0 Å². The van der Waals surface area contributed by atoms with Gasteiger partial charge in [-0.05, 0) is 13.8 Å². The van der Waals surface area contributed by atoms with Crippen molar-refractivity contribution < 1.29 is 31.5 Å². The summed E-state index contributed by atoms with van der Waals surface area (Å²) in [6.07, 6.45) is 2.70. The maximum absolute atomic E-state index is 12.2. The Balaban J connectivity index is 4.90. The maximum atomic E-state index is 12.2. The quantitative estimate of drug-likeness (QED) is 0.401. The Hall–Kier alpha value is -0.260. The molecule has 7 nitrogen and oxygen atoms in total. The number of hydrogen-bond donors (Lipinski definition) is 0. The summed E-state index contributed by atoms with van der Waals surface area (Å²) in [5, 5.41) is 0. The van der Waals surface area contributed by atoms with E-state index in [1.165, 1.54) is 12.2 Å². The van der Waals surface area contributed by atoms with Gasteiger partial charge in [0.05, 0.1) is 26.4 Å². The Bertz CT molecular complexity index is 335. The average molecular weight is 314 g/mol. The van der Waals surface area contributed by atoms with Gasteiger partial charge in [-0.2, -0.15) is 4.31 Å². The molecule has 9 heteroatoms. The van der Waals surface area contributed by atoms with Crippen LogP contribution in [0.1, 0.15) is 13.8 Å². The zero-order valence-electron chi connectivity index (χ0n) is 11.1. The molecule has 0 aliphatic rings. The van der Waals surface area contributed by atoms with Crippen molar-refractivity contribution >= 4 is 15.6 Å². The SMILES string of the molecule is C=CCOP(=O)(OCC)OP(=O)(OCC)OCC=C. The minimum atomic E-state index is -4.05. The molecule has 0 aliphatic heterocycles. The number of phosphoric ester groups is 2. The molecule has 0 bridgehead atoms. The van der Waals surface area contributed by atoms with Crippen LogP contribution < -0.4 is 0 Å². The zero-order valence-corrected chi connectivity index (χ0v) is 12.9. The molecule has 0 amide bonds. The Morgan fingerprint density at radius 2 is 1.21 bits per heavy atom. The van der Waals surface area contributed by atoms with E-state index in [2.05, 4.69) is 13.2 Å². The van der Waals surface area contributed by atoms with E-state index in [-0.39, 0.29) is 26.4 Å². The largest absolute Gasteiger partial charge is 0.484 e. The number of hydrogen-bond acceptors (Lipinski definition) is 7. The summed E-state index contributed by atoms with van der Waals surface area (Å²) in [4.78, 5) is 0. The van der Waals surface area contributed by atoms with Crippen LogP contribution in [-0.2, 0) is 31.5 Å². The summed E-state index contributed by atoms with van der Waals surface area (Å²) >= 11 is 0. The van der Waals surface area contributed by atoms with E-state index in [1.807, 2.05) is 0 Å². The molecule has 0 aromatic carbocycles. The van der Waals surface area contributed by atoms with Crippen molar-refractivity contribution in [3.63, 3.8) is 0 Å². The van der Waals surface area contributed by atoms with E-state index < -0.39 is 15.6 Å². The molecule has 0 aliphatic carbocycles. The van der Waals surface area contributed by atoms with Crippen LogP contribution in [0.3, 0.4) is 0 Å². The molecule has 0 saturated carbocycles. The average Bonchev–Trinajstić information content (AvgIpc) is 2.34. The van der Waals surface area contributed by atoms with Gasteiger partial charge in [-0.1, -0.05) is 12.2 Å². The molecular weight excluding hydrogens is 294 g/mol. The standard InChI is InChI=1S/C10H20O7P2/c1-5-9-15-18(11,13-7-3)17-19(12,14-8-4)16-10-6-2/h5-6H,1-2,7-10H2,3-4H3. The summed E-state index contributed by atoms with van der Waals surface area (Å²) in [5.41, 5.74) is 0. The molecule has 0 aromatic rings. The molecule has 2 atom stereocenters. The van der Waals surface area contributed by atoms with Gasteiger partial charge in [0.25, 0.3) is 0 Å². The molecule has 0 rings (SSSR count). The molecule has 0 spiro atoms. The third kappa shape index (κ3) is 7.80. The molecule has 112 valence electrons. The second-order valence-electron chi connectivity index (χ2n) is 2.98. The topological polar surface area (TPSA) is 80.3 Å². The van der Waals surface area contributed by atoms with Crippen molar-refractivity contribution in [2.45, 2.75) is 13.8 Å². The Labute approximate surface area is 113 Å². The first kappa shape index (κ1) is 18.7. The minimum absolute atomic E-state index is 0.0437. The zero-order chi connectivity index (χ0) is 14.8. The van der Waals surface area contributed by atoms with Crippen LogP contribution in [0.5, 0.6) is 0 Å². The molecule has 0 N–H and O–H groups in total. The summed E-state index contributed by atoms with van der Waals surface area (Å²) in [6.45, 7) is 9.88. The van der Waals surface area contributed by atoms with E-state index in [0.717, 1.165) is 0 Å². The van der Waals surface area contributed by atoms with Crippen molar-refractivity contribution in [3.05, 3.63) is 25.3 Å². The molecule has 0 saturated heterocycles. The van der Waals surface area contributed by atoms with Crippen LogP contribution in [0.2, 0.25) is 0 Å². The highest BCUT2D eigenvalue weighted by Crippen LogP contribution is 2.65. The highest BCUT2D eigenvalue weighted by molar-refractivity contribution is 7.62. The Morgan fingerprint density at radius 1 is 0.842 bits per heavy atom. The Kier molecular flexibility index (Phi) is 9.48. The lowest BCUT2D eigenvalue weighted by atomic mass is 10.7. The third-order valence-electron chi connectivity index (χ3n) is 1.48. The smallest absolute Gasteiger partial charge is 0.287 e. The highest BCUT2D eigenvalue weighted by Gasteiger charge is 2.39. The van der Waals surface area contributed by atoms with Crippen LogP contribution in [0.4, 0.5) is 0 Å². The van der Waals surface area contributed by atoms with Crippen LogP contribution >= 0.6 is 15.6 Å². The van der Waals surface area contributed by atoms with Gasteiger partial charge < -0.3 is 0 Å². The maximum Gasteiger partial charge on any atom is 0.484 e. The second kappa shape index (κ2) is 9.61. The normalized spacial score (nSPS) is 17.4. The monoisotopic (exact) mass is 314 g/mol. The minimum Gasteiger partial charge on any atom is -0.287 e. The molecule has 19 heavy (non-hydrogen) atoms. The van der Waals surface area contributed by atoms with Gasteiger partial charge in [0.2, 0.25) is 0 Å². The van der Waals surface area contributed by atoms with Gasteiger partial charge in [-0.25, -0.2) is 9.13 Å². The van der Waals surface area contributed by atoms with Gasteiger partial charge in [0.1, 0.15) is 0 Å². The molecular formula is C10H20O7P2. The number of rotatable bonds is 12. The third-order valence-corrected chi connectivity index (χ3v) is 5.15. The lowest BCUT2D eigenvalue weighted by Gasteiger charge is -2.21. The molecule has 0 radical (unpaired) electrons. The van der Waals surface area contributed by atoms with E-state index in [4.69, 9.17) is 22.4 Å². The van der Waals surface area contributed by atoms with Gasteiger partial charge in [0.15, 0.2) is 0 Å². The van der Waals surface area contributed by atoms with E-state index in [0.29, 0.717) is 0 Å². The lowest BCUT2D eigenvalue weighted by Crippen LogP contribution is -2.04. The van der Waals surface area contributed by atoms with Crippen LogP contribution in [-0.4, -0.2) is 26.4 Å². The fourth-order valence-electron chi connectivity index (χ4n) is 0.896. The second-order valence-corrected chi connectivity index (χ2v) is 6.46. The van der Waals surface area contributed by atoms with Crippen molar-refractivity contribution in [1.82, 2.24) is 0 Å². The van der Waals surface area contributed by atoms with Gasteiger partial charge >= 0.3 is 15.6 Å². The van der Waals surface area contributed by atoms with E-state index in [1.54, 1.807) is 13.8 Å². The fraction of sp³-hybridized carbons (Fsp3) is 0.600. The van der Waals surface area contributed by atoms with Crippen LogP contribution in [0.15, 0.2) is 25.3 Å². The predicted octanol–water partition coefficient (Wildman–Crippen LogP) is 3.70. The van der Waals surface area contributed by atoms with Gasteiger partial charge in [-0.15, -0.1) is 13.2 Å². The highest BCUT2D eigenvalue weighted by atomic mass is 31.3. The fourth-order valence-corrected chi connectivity index (χ4v) is 3.99. The van der Waals surface area contributed by atoms with Crippen molar-refractivity contribution in [3.8, 4) is 0 Å². The first-order valence-corrected chi connectivity index (χ1v) is 8.58.